The Morgan fingerprint density at radius 2 is 2.56 bits per heavy atom. The Balaban J connectivity index is 2.21. The molecule has 1 aliphatic rings. The predicted octanol–water partition coefficient (Wildman–Crippen LogP) is 0.254. The summed E-state index contributed by atoms with van der Waals surface area (Å²) in [5.74, 6) is 0. The topological polar surface area (TPSA) is 38.7 Å². The number of aliphatic hydroxyl groups is 1. The van der Waals surface area contributed by atoms with E-state index in [0.29, 0.717) is 13.0 Å². The van der Waals surface area contributed by atoms with Crippen LogP contribution in [0, 0.1) is 0 Å². The van der Waals surface area contributed by atoms with Gasteiger partial charge in [-0.05, 0) is 0 Å². The summed E-state index contributed by atoms with van der Waals surface area (Å²) in [5.41, 5.74) is 0. The Morgan fingerprint density at radius 3 is 3.00 bits per heavy atom. The van der Waals surface area contributed by atoms with Gasteiger partial charge < -0.3 is 14.6 Å². The van der Waals surface area contributed by atoms with E-state index in [1.54, 1.807) is 0 Å². The number of hydrogen-bond acceptors (Lipinski definition) is 3. The Bertz CT molecular complexity index is 102. The molecule has 1 fully saturated rings. The maximum atomic E-state index is 8.89. The smallest absolute Gasteiger partial charge is 0.201 e. The molecule has 1 rings (SSSR count). The fourth-order valence-electron chi connectivity index (χ4n) is 0.779. The second-order valence-electron chi connectivity index (χ2n) is 1.96. The Hall–Kier alpha value is -0.540. The standard InChI is InChI=1S/C6H10O3/c1-2-8-6-3-5(7)4-9-6/h2,5-7H,1,3-4H2. The number of rotatable bonds is 2. The van der Waals surface area contributed by atoms with E-state index in [1.165, 1.54) is 6.26 Å². The van der Waals surface area contributed by atoms with Crippen LogP contribution in [0.25, 0.3) is 0 Å². The molecular weight excluding hydrogens is 120 g/mol. The van der Waals surface area contributed by atoms with Crippen molar-refractivity contribution in [2.75, 3.05) is 6.61 Å². The first-order valence-corrected chi connectivity index (χ1v) is 2.89. The van der Waals surface area contributed by atoms with Crippen LogP contribution < -0.4 is 0 Å². The highest BCUT2D eigenvalue weighted by molar-refractivity contribution is 4.67. The van der Waals surface area contributed by atoms with E-state index in [-0.39, 0.29) is 12.4 Å². The average Bonchev–Trinajstić information content (AvgIpc) is 2.17. The van der Waals surface area contributed by atoms with Crippen molar-refractivity contribution in [3.63, 3.8) is 0 Å². The van der Waals surface area contributed by atoms with Gasteiger partial charge >= 0.3 is 0 Å². The molecule has 52 valence electrons. The predicted molar refractivity (Wildman–Crippen MR) is 31.6 cm³/mol. The maximum Gasteiger partial charge on any atom is 0.201 e. The molecule has 0 spiro atoms. The van der Waals surface area contributed by atoms with Crippen molar-refractivity contribution in [1.82, 2.24) is 0 Å². The van der Waals surface area contributed by atoms with E-state index in [1.807, 2.05) is 0 Å². The molecule has 0 saturated carbocycles. The lowest BCUT2D eigenvalue weighted by Gasteiger charge is -2.05. The molecule has 0 aromatic carbocycles. The molecule has 2 unspecified atom stereocenters. The minimum atomic E-state index is -0.366. The summed E-state index contributed by atoms with van der Waals surface area (Å²) in [4.78, 5) is 0. The summed E-state index contributed by atoms with van der Waals surface area (Å²) >= 11 is 0. The third-order valence-electron chi connectivity index (χ3n) is 1.19. The van der Waals surface area contributed by atoms with Crippen molar-refractivity contribution in [2.45, 2.75) is 18.8 Å². The molecule has 0 aliphatic carbocycles. The largest absolute Gasteiger partial charge is 0.473 e. The zero-order valence-electron chi connectivity index (χ0n) is 5.12. The minimum Gasteiger partial charge on any atom is -0.473 e. The highest BCUT2D eigenvalue weighted by atomic mass is 16.7. The maximum absolute atomic E-state index is 8.89. The summed E-state index contributed by atoms with van der Waals surface area (Å²) in [5, 5.41) is 8.89. The first-order chi connectivity index (χ1) is 4.33. The van der Waals surface area contributed by atoms with Gasteiger partial charge in [0.2, 0.25) is 6.29 Å². The number of ether oxygens (including phenoxy) is 2. The van der Waals surface area contributed by atoms with Crippen molar-refractivity contribution in [1.29, 1.82) is 0 Å². The van der Waals surface area contributed by atoms with Gasteiger partial charge in [0.05, 0.1) is 19.0 Å². The van der Waals surface area contributed by atoms with Crippen LogP contribution in [0.4, 0.5) is 0 Å². The summed E-state index contributed by atoms with van der Waals surface area (Å²) in [7, 11) is 0. The van der Waals surface area contributed by atoms with Crippen LogP contribution >= 0.6 is 0 Å². The van der Waals surface area contributed by atoms with Gasteiger partial charge in [-0.25, -0.2) is 0 Å². The molecule has 0 aromatic heterocycles. The fraction of sp³-hybridized carbons (Fsp3) is 0.667. The number of aliphatic hydroxyl groups excluding tert-OH is 1. The third-order valence-corrected chi connectivity index (χ3v) is 1.19. The molecule has 0 radical (unpaired) electrons. The van der Waals surface area contributed by atoms with Gasteiger partial charge in [0.1, 0.15) is 0 Å². The van der Waals surface area contributed by atoms with Gasteiger partial charge in [0, 0.05) is 6.42 Å². The molecule has 0 amide bonds. The first kappa shape index (κ1) is 6.58. The normalized spacial score (nSPS) is 34.3. The van der Waals surface area contributed by atoms with Crippen LogP contribution in [-0.2, 0) is 9.47 Å². The van der Waals surface area contributed by atoms with Gasteiger partial charge in [-0.15, -0.1) is 0 Å². The second kappa shape index (κ2) is 2.85. The lowest BCUT2D eigenvalue weighted by molar-refractivity contribution is -0.0683. The fourth-order valence-corrected chi connectivity index (χ4v) is 0.779. The second-order valence-corrected chi connectivity index (χ2v) is 1.96. The van der Waals surface area contributed by atoms with E-state index in [4.69, 9.17) is 14.6 Å². The minimum absolute atomic E-state index is 0.280. The molecule has 2 atom stereocenters. The highest BCUT2D eigenvalue weighted by Gasteiger charge is 2.23. The van der Waals surface area contributed by atoms with E-state index in [9.17, 15) is 0 Å². The van der Waals surface area contributed by atoms with E-state index in [0.717, 1.165) is 0 Å². The molecule has 3 nitrogen and oxygen atoms in total. The van der Waals surface area contributed by atoms with Crippen molar-refractivity contribution >= 4 is 0 Å². The van der Waals surface area contributed by atoms with Gasteiger partial charge in [-0.2, -0.15) is 0 Å². The first-order valence-electron chi connectivity index (χ1n) is 2.89. The van der Waals surface area contributed by atoms with E-state index in [2.05, 4.69) is 6.58 Å². The van der Waals surface area contributed by atoms with Crippen LogP contribution in [0.1, 0.15) is 6.42 Å². The monoisotopic (exact) mass is 130 g/mol. The van der Waals surface area contributed by atoms with E-state index < -0.39 is 0 Å². The van der Waals surface area contributed by atoms with Crippen LogP contribution in [-0.4, -0.2) is 24.1 Å². The molecule has 1 heterocycles. The van der Waals surface area contributed by atoms with Gasteiger partial charge in [0.15, 0.2) is 0 Å². The lowest BCUT2D eigenvalue weighted by Crippen LogP contribution is -2.07. The molecule has 0 aromatic rings. The SMILES string of the molecule is C=COC1CC(O)CO1. The quantitative estimate of drug-likeness (QED) is 0.545. The Labute approximate surface area is 53.9 Å². The van der Waals surface area contributed by atoms with Gasteiger partial charge in [-0.3, -0.25) is 0 Å². The molecule has 3 heteroatoms. The Morgan fingerprint density at radius 1 is 1.78 bits per heavy atom. The summed E-state index contributed by atoms with van der Waals surface area (Å²) in [6.45, 7) is 3.74. The molecule has 1 aliphatic heterocycles. The Kier molecular flexibility index (Phi) is 2.08. The van der Waals surface area contributed by atoms with Gasteiger partial charge in [-0.1, -0.05) is 6.58 Å². The summed E-state index contributed by atoms with van der Waals surface area (Å²) < 4.78 is 9.82. The molecule has 9 heavy (non-hydrogen) atoms. The van der Waals surface area contributed by atoms with Crippen molar-refractivity contribution in [2.24, 2.45) is 0 Å². The molecular formula is C6H10O3. The van der Waals surface area contributed by atoms with Gasteiger partial charge in [0.25, 0.3) is 0 Å². The average molecular weight is 130 g/mol. The third kappa shape index (κ3) is 1.69. The summed E-state index contributed by atoms with van der Waals surface area (Å²) in [6, 6.07) is 0. The lowest BCUT2D eigenvalue weighted by atomic mass is 10.3. The van der Waals surface area contributed by atoms with Crippen molar-refractivity contribution < 1.29 is 14.6 Å². The van der Waals surface area contributed by atoms with Crippen LogP contribution in [0.15, 0.2) is 12.8 Å². The van der Waals surface area contributed by atoms with Crippen LogP contribution in [0.5, 0.6) is 0 Å². The van der Waals surface area contributed by atoms with Crippen molar-refractivity contribution in [3.8, 4) is 0 Å². The van der Waals surface area contributed by atoms with Crippen LogP contribution in [0.3, 0.4) is 0 Å². The van der Waals surface area contributed by atoms with Crippen LogP contribution in [0.2, 0.25) is 0 Å². The number of hydrogen-bond donors (Lipinski definition) is 1. The molecule has 1 saturated heterocycles. The summed E-state index contributed by atoms with van der Waals surface area (Å²) in [6.07, 6.45) is 1.22. The zero-order valence-corrected chi connectivity index (χ0v) is 5.12. The van der Waals surface area contributed by atoms with E-state index >= 15 is 0 Å². The zero-order chi connectivity index (χ0) is 6.69. The molecule has 1 N–H and O–H groups in total. The molecule has 0 bridgehead atoms. The highest BCUT2D eigenvalue weighted by Crippen LogP contribution is 2.13. The van der Waals surface area contributed by atoms with Crippen molar-refractivity contribution in [3.05, 3.63) is 12.8 Å².